The Kier molecular flexibility index (Phi) is 5.73. The summed E-state index contributed by atoms with van der Waals surface area (Å²) in [6.45, 7) is 5.12. The van der Waals surface area contributed by atoms with Gasteiger partial charge in [0.25, 0.3) is 0 Å². The van der Waals surface area contributed by atoms with E-state index in [0.29, 0.717) is 12.5 Å². The first kappa shape index (κ1) is 22.9. The molecule has 37 heavy (non-hydrogen) atoms. The van der Waals surface area contributed by atoms with Crippen molar-refractivity contribution in [1.29, 1.82) is 5.26 Å². The second-order valence-corrected chi connectivity index (χ2v) is 10.9. The lowest BCUT2D eigenvalue weighted by molar-refractivity contribution is 0.203. The normalized spacial score (nSPS) is 25.1. The summed E-state index contributed by atoms with van der Waals surface area (Å²) < 4.78 is 0. The molecule has 7 rings (SSSR count). The lowest BCUT2D eigenvalue weighted by Crippen LogP contribution is -2.51. The van der Waals surface area contributed by atoms with Crippen molar-refractivity contribution in [2.45, 2.75) is 56.9 Å². The maximum absolute atomic E-state index is 9.99. The fourth-order valence-electron chi connectivity index (χ4n) is 6.95. The summed E-state index contributed by atoms with van der Waals surface area (Å²) in [6, 6.07) is 16.2. The molecule has 0 radical (unpaired) electrons. The molecule has 1 aliphatic carbocycles. The van der Waals surface area contributed by atoms with Gasteiger partial charge in [0.15, 0.2) is 0 Å². The highest BCUT2D eigenvalue weighted by atomic mass is 16.3. The van der Waals surface area contributed by atoms with E-state index in [0.717, 1.165) is 76.0 Å². The molecule has 0 spiro atoms. The van der Waals surface area contributed by atoms with Crippen LogP contribution in [0.1, 0.15) is 47.7 Å². The number of aliphatic hydroxyl groups excluding tert-OH is 1. The Hall–Kier alpha value is -3.25. The molecule has 0 bridgehead atoms. The van der Waals surface area contributed by atoms with E-state index in [1.54, 1.807) is 0 Å². The largest absolute Gasteiger partial charge is 0.394 e. The summed E-state index contributed by atoms with van der Waals surface area (Å²) in [5.41, 5.74) is 5.20. The predicted molar refractivity (Wildman–Crippen MR) is 143 cm³/mol. The number of piperazine rings is 1. The number of hydrogen-bond donors (Lipinski definition) is 2. The van der Waals surface area contributed by atoms with Crippen molar-refractivity contribution >= 4 is 22.5 Å². The molecule has 2 aromatic carbocycles. The zero-order valence-corrected chi connectivity index (χ0v) is 21.1. The molecule has 2 unspecified atom stereocenters. The van der Waals surface area contributed by atoms with Crippen molar-refractivity contribution in [1.82, 2.24) is 20.2 Å². The predicted octanol–water partition coefficient (Wildman–Crippen LogP) is 2.90. The molecule has 8 heteroatoms. The van der Waals surface area contributed by atoms with Gasteiger partial charge in [0, 0.05) is 56.9 Å². The monoisotopic (exact) mass is 495 g/mol. The first-order chi connectivity index (χ1) is 18.2. The summed E-state index contributed by atoms with van der Waals surface area (Å²) in [5, 5.41) is 25.5. The van der Waals surface area contributed by atoms with Crippen molar-refractivity contribution in [3.63, 3.8) is 0 Å². The van der Waals surface area contributed by atoms with E-state index < -0.39 is 0 Å². The second kappa shape index (κ2) is 9.25. The molecule has 4 heterocycles. The van der Waals surface area contributed by atoms with Gasteiger partial charge in [-0.3, -0.25) is 4.90 Å². The van der Waals surface area contributed by atoms with E-state index in [9.17, 15) is 10.4 Å². The topological polar surface area (TPSA) is 91.5 Å². The quantitative estimate of drug-likeness (QED) is 0.558. The maximum atomic E-state index is 9.99. The van der Waals surface area contributed by atoms with Crippen LogP contribution < -0.4 is 15.1 Å². The summed E-state index contributed by atoms with van der Waals surface area (Å²) in [4.78, 5) is 17.4. The van der Waals surface area contributed by atoms with Gasteiger partial charge >= 0.3 is 0 Å². The summed E-state index contributed by atoms with van der Waals surface area (Å²) >= 11 is 0. The lowest BCUT2D eigenvalue weighted by atomic mass is 10.0. The first-order valence-corrected chi connectivity index (χ1v) is 13.6. The van der Waals surface area contributed by atoms with Crippen molar-refractivity contribution in [2.24, 2.45) is 0 Å². The van der Waals surface area contributed by atoms with Crippen LogP contribution in [0.4, 0.5) is 11.8 Å². The standard InChI is InChI=1S/C29H33N7O/c30-10-9-21-15-34(13-11-31-21)28-24-16-35(17-25(24)32-29(33-28)36-12-3-7-22(36)18-37)26-14-20-6-1-4-19-5-2-8-23(26)27(19)20/h1-2,4-6,8,21-22,26,31,37H,3,7,9,11-18H2/t21-,22?,26?/m0/s1. The number of benzene rings is 2. The number of nitriles is 1. The third-order valence-corrected chi connectivity index (χ3v) is 8.75. The van der Waals surface area contributed by atoms with Crippen LogP contribution in [0.5, 0.6) is 0 Å². The van der Waals surface area contributed by atoms with Crippen molar-refractivity contribution in [3.8, 4) is 6.07 Å². The molecule has 2 saturated heterocycles. The SMILES string of the molecule is N#CC[C@H]1CN(c2nc(N3CCCC3CO)nc3c2CN(C2Cc4cccc5cccc2c45)C3)CCN1. The van der Waals surface area contributed by atoms with Gasteiger partial charge in [-0.25, -0.2) is 4.98 Å². The van der Waals surface area contributed by atoms with Crippen LogP contribution in [0.15, 0.2) is 36.4 Å². The number of nitrogens with zero attached hydrogens (tertiary/aromatic N) is 6. The molecule has 2 N–H and O–H groups in total. The third-order valence-electron chi connectivity index (χ3n) is 8.75. The van der Waals surface area contributed by atoms with Crippen LogP contribution in [0.2, 0.25) is 0 Å². The number of hydrogen-bond acceptors (Lipinski definition) is 8. The number of aliphatic hydroxyl groups is 1. The zero-order chi connectivity index (χ0) is 24.9. The fraction of sp³-hybridized carbons (Fsp3) is 0.483. The molecule has 2 fully saturated rings. The van der Waals surface area contributed by atoms with E-state index in [1.807, 2.05) is 0 Å². The number of anilines is 2. The van der Waals surface area contributed by atoms with E-state index >= 15 is 0 Å². The molecule has 4 aliphatic rings. The molecule has 0 amide bonds. The average Bonchev–Trinajstić information content (AvgIpc) is 3.66. The second-order valence-electron chi connectivity index (χ2n) is 10.9. The Bertz CT molecular complexity index is 1380. The van der Waals surface area contributed by atoms with E-state index in [1.165, 1.54) is 27.5 Å². The minimum absolute atomic E-state index is 0.0831. The molecule has 3 aromatic rings. The van der Waals surface area contributed by atoms with Gasteiger partial charge in [-0.15, -0.1) is 0 Å². The molecule has 0 saturated carbocycles. The number of fused-ring (bicyclic) bond motifs is 1. The Labute approximate surface area is 217 Å². The molecule has 1 aromatic heterocycles. The van der Waals surface area contributed by atoms with E-state index in [4.69, 9.17) is 9.97 Å². The van der Waals surface area contributed by atoms with Gasteiger partial charge in [0.05, 0.1) is 30.8 Å². The van der Waals surface area contributed by atoms with Gasteiger partial charge in [-0.1, -0.05) is 36.4 Å². The minimum Gasteiger partial charge on any atom is -0.394 e. The van der Waals surface area contributed by atoms with Crippen LogP contribution >= 0.6 is 0 Å². The van der Waals surface area contributed by atoms with Crippen LogP contribution in [-0.2, 0) is 19.5 Å². The highest BCUT2D eigenvalue weighted by Crippen LogP contribution is 2.44. The Morgan fingerprint density at radius 1 is 1.11 bits per heavy atom. The summed E-state index contributed by atoms with van der Waals surface area (Å²) in [5.74, 6) is 1.77. The number of rotatable bonds is 5. The zero-order valence-electron chi connectivity index (χ0n) is 21.1. The van der Waals surface area contributed by atoms with Crippen LogP contribution in [-0.4, -0.2) is 64.8 Å². The summed E-state index contributed by atoms with van der Waals surface area (Å²) in [7, 11) is 0. The van der Waals surface area contributed by atoms with Gasteiger partial charge < -0.3 is 20.2 Å². The molecule has 3 atom stereocenters. The van der Waals surface area contributed by atoms with Gasteiger partial charge in [-0.2, -0.15) is 10.2 Å². The molecular weight excluding hydrogens is 462 g/mol. The molecule has 190 valence electrons. The lowest BCUT2D eigenvalue weighted by Gasteiger charge is -2.35. The fourth-order valence-corrected chi connectivity index (χ4v) is 6.95. The van der Waals surface area contributed by atoms with Gasteiger partial charge in [0.2, 0.25) is 5.95 Å². The van der Waals surface area contributed by atoms with Gasteiger partial charge in [0.1, 0.15) is 5.82 Å². The minimum atomic E-state index is 0.0831. The number of nitrogens with one attached hydrogen (secondary N) is 1. The average molecular weight is 496 g/mol. The number of aromatic nitrogens is 2. The van der Waals surface area contributed by atoms with Gasteiger partial charge in [-0.05, 0) is 41.2 Å². The molecule has 8 nitrogen and oxygen atoms in total. The van der Waals surface area contributed by atoms with Crippen LogP contribution in [0.25, 0.3) is 10.8 Å². The van der Waals surface area contributed by atoms with Crippen LogP contribution in [0.3, 0.4) is 0 Å². The van der Waals surface area contributed by atoms with Crippen molar-refractivity contribution in [2.75, 3.05) is 42.6 Å². The van der Waals surface area contributed by atoms with Crippen LogP contribution in [0, 0.1) is 11.3 Å². The smallest absolute Gasteiger partial charge is 0.227 e. The third kappa shape index (κ3) is 3.84. The highest BCUT2D eigenvalue weighted by Gasteiger charge is 2.37. The highest BCUT2D eigenvalue weighted by molar-refractivity contribution is 5.91. The first-order valence-electron chi connectivity index (χ1n) is 13.6. The van der Waals surface area contributed by atoms with E-state index in [-0.39, 0.29) is 18.7 Å². The summed E-state index contributed by atoms with van der Waals surface area (Å²) in [6.07, 6.45) is 3.54. The molecular formula is C29H33N7O. The Morgan fingerprint density at radius 2 is 2.00 bits per heavy atom. The Morgan fingerprint density at radius 3 is 2.86 bits per heavy atom. The maximum Gasteiger partial charge on any atom is 0.227 e. The molecule has 3 aliphatic heterocycles. The van der Waals surface area contributed by atoms with Crippen molar-refractivity contribution in [3.05, 3.63) is 58.8 Å². The Balaban J connectivity index is 1.25. The van der Waals surface area contributed by atoms with E-state index in [2.05, 4.69) is 62.5 Å². The van der Waals surface area contributed by atoms with Crippen molar-refractivity contribution < 1.29 is 5.11 Å².